The highest BCUT2D eigenvalue weighted by Crippen LogP contribution is 2.34. The van der Waals surface area contributed by atoms with Crippen LogP contribution >= 0.6 is 0 Å². The molecular weight excluding hydrogens is 605 g/mol. The third kappa shape index (κ3) is 9.06. The molecule has 0 radical (unpaired) electrons. The number of cyclic esters (lactones) is 1. The molecule has 1 N–H and O–H groups in total. The zero-order valence-electron chi connectivity index (χ0n) is 24.8. The highest BCUT2D eigenvalue weighted by atomic mass is 19.4. The number of rotatable bonds is 10. The van der Waals surface area contributed by atoms with Gasteiger partial charge in [0.1, 0.15) is 12.2 Å². The molecule has 1 aromatic carbocycles. The molecule has 1 aliphatic carbocycles. The Kier molecular flexibility index (Phi) is 10.9. The second-order valence-corrected chi connectivity index (χ2v) is 10.6. The van der Waals surface area contributed by atoms with E-state index in [2.05, 4.69) is 10.3 Å². The lowest BCUT2D eigenvalue weighted by Crippen LogP contribution is -2.47. The van der Waals surface area contributed by atoms with Gasteiger partial charge in [0.25, 0.3) is 5.91 Å². The van der Waals surface area contributed by atoms with Crippen LogP contribution in [0.2, 0.25) is 0 Å². The van der Waals surface area contributed by atoms with Crippen LogP contribution in [0.4, 0.5) is 13.2 Å². The van der Waals surface area contributed by atoms with E-state index < -0.39 is 66.5 Å². The summed E-state index contributed by atoms with van der Waals surface area (Å²) < 4.78 is 71.9. The van der Waals surface area contributed by atoms with E-state index in [1.54, 1.807) is 0 Å². The Morgan fingerprint density at radius 2 is 1.80 bits per heavy atom. The van der Waals surface area contributed by atoms with Gasteiger partial charge in [-0.25, -0.2) is 9.78 Å². The molecule has 1 aromatic heterocycles. The topological polar surface area (TPSA) is 149 Å². The maximum Gasteiger partial charge on any atom is 0.416 e. The van der Waals surface area contributed by atoms with Crippen LogP contribution in [0.25, 0.3) is 0 Å². The highest BCUT2D eigenvalue weighted by molar-refractivity contribution is 5.98. The van der Waals surface area contributed by atoms with Crippen LogP contribution in [0.3, 0.4) is 0 Å². The van der Waals surface area contributed by atoms with E-state index in [0.29, 0.717) is 18.4 Å². The maximum atomic E-state index is 13.3. The second kappa shape index (κ2) is 14.6. The summed E-state index contributed by atoms with van der Waals surface area (Å²) in [6.45, 7) is 1.73. The average molecular weight is 639 g/mol. The van der Waals surface area contributed by atoms with Gasteiger partial charge in [0, 0.05) is 25.1 Å². The van der Waals surface area contributed by atoms with E-state index in [0.717, 1.165) is 12.1 Å². The number of hydrogen-bond donors (Lipinski definition) is 1. The molecule has 4 unspecified atom stereocenters. The largest absolute Gasteiger partial charge is 0.493 e. The van der Waals surface area contributed by atoms with E-state index in [4.69, 9.17) is 28.4 Å². The van der Waals surface area contributed by atoms with Crippen LogP contribution in [-0.2, 0) is 45.9 Å². The minimum absolute atomic E-state index is 0.0782. The quantitative estimate of drug-likeness (QED) is 0.232. The van der Waals surface area contributed by atoms with Crippen molar-refractivity contribution in [1.82, 2.24) is 10.3 Å². The number of aromatic nitrogens is 1. The zero-order chi connectivity index (χ0) is 32.7. The van der Waals surface area contributed by atoms with Gasteiger partial charge in [0.05, 0.1) is 31.8 Å². The summed E-state index contributed by atoms with van der Waals surface area (Å²) >= 11 is 0. The molecule has 0 bridgehead atoms. The molecule has 1 saturated heterocycles. The van der Waals surface area contributed by atoms with Crippen molar-refractivity contribution in [1.29, 1.82) is 0 Å². The van der Waals surface area contributed by atoms with Gasteiger partial charge < -0.3 is 33.7 Å². The van der Waals surface area contributed by atoms with E-state index in [1.165, 1.54) is 45.4 Å². The third-order valence-corrected chi connectivity index (χ3v) is 7.15. The molecule has 0 spiro atoms. The Morgan fingerprint density at radius 3 is 2.42 bits per heavy atom. The number of nitrogens with zero attached hydrogens (tertiary/aromatic N) is 1. The summed E-state index contributed by atoms with van der Waals surface area (Å²) in [5.74, 6) is -3.75. The molecule has 1 aliphatic heterocycles. The van der Waals surface area contributed by atoms with Crippen molar-refractivity contribution in [3.8, 4) is 11.5 Å². The number of halogens is 3. The summed E-state index contributed by atoms with van der Waals surface area (Å²) in [5.41, 5.74) is -0.559. The Hall–Kier alpha value is -4.40. The predicted octanol–water partition coefficient (Wildman–Crippen LogP) is 3.25. The van der Waals surface area contributed by atoms with Gasteiger partial charge in [0.2, 0.25) is 6.79 Å². The summed E-state index contributed by atoms with van der Waals surface area (Å²) in [7, 11) is 1.33. The van der Waals surface area contributed by atoms with E-state index in [1.807, 2.05) is 0 Å². The fourth-order valence-electron chi connectivity index (χ4n) is 4.66. The summed E-state index contributed by atoms with van der Waals surface area (Å²) in [5, 5.41) is 2.50. The first-order valence-corrected chi connectivity index (χ1v) is 14.1. The minimum Gasteiger partial charge on any atom is -0.493 e. The number of nitrogens with one attached hydrogen (secondary N) is 1. The van der Waals surface area contributed by atoms with Crippen molar-refractivity contribution in [3.05, 3.63) is 53.3 Å². The fraction of sp³-hybridized carbons (Fsp3) is 0.500. The second-order valence-electron chi connectivity index (χ2n) is 10.6. The summed E-state index contributed by atoms with van der Waals surface area (Å²) in [6.07, 6.45) is -3.73. The third-order valence-electron chi connectivity index (χ3n) is 7.15. The van der Waals surface area contributed by atoms with E-state index >= 15 is 0 Å². The lowest BCUT2D eigenvalue weighted by atomic mass is 9.91. The van der Waals surface area contributed by atoms with Gasteiger partial charge in [-0.3, -0.25) is 14.4 Å². The Morgan fingerprint density at radius 1 is 1.09 bits per heavy atom. The number of pyridine rings is 1. The van der Waals surface area contributed by atoms with Crippen LogP contribution < -0.4 is 14.8 Å². The number of benzene rings is 1. The predicted molar refractivity (Wildman–Crippen MR) is 147 cm³/mol. The van der Waals surface area contributed by atoms with Crippen molar-refractivity contribution in [2.75, 3.05) is 27.1 Å². The van der Waals surface area contributed by atoms with Gasteiger partial charge in [-0.05, 0) is 43.9 Å². The monoisotopic (exact) mass is 638 g/mol. The van der Waals surface area contributed by atoms with Crippen LogP contribution in [0.5, 0.6) is 11.5 Å². The first-order chi connectivity index (χ1) is 21.4. The molecule has 2 aromatic rings. The lowest BCUT2D eigenvalue weighted by molar-refractivity contribution is -0.172. The minimum atomic E-state index is -4.50. The molecule has 4 rings (SSSR count). The van der Waals surface area contributed by atoms with Crippen molar-refractivity contribution >= 4 is 23.8 Å². The molecule has 2 heterocycles. The molecule has 1 amide bonds. The lowest BCUT2D eigenvalue weighted by Gasteiger charge is -2.30. The number of carbonyl (C=O) groups is 4. The van der Waals surface area contributed by atoms with Crippen molar-refractivity contribution in [2.24, 2.45) is 11.8 Å². The Bertz CT molecular complexity index is 1380. The van der Waals surface area contributed by atoms with Crippen molar-refractivity contribution < 1.29 is 60.8 Å². The molecular formula is C30H33F3N2O10. The number of esters is 3. The molecule has 12 nitrogen and oxygen atoms in total. The van der Waals surface area contributed by atoms with Crippen LogP contribution in [0, 0.1) is 11.8 Å². The maximum absolute atomic E-state index is 13.3. The van der Waals surface area contributed by atoms with E-state index in [9.17, 15) is 32.3 Å². The first-order valence-electron chi connectivity index (χ1n) is 14.1. The number of amides is 1. The SMILES string of the molecule is COc1ccnc(C(=O)NC2COCC(Cc3ccc(C(F)(F)F)cc3)C(OC(=O)C3CC3)C(C)OC2=O)c1OCOC(C)=O. The molecule has 2 aliphatic rings. The van der Waals surface area contributed by atoms with Crippen molar-refractivity contribution in [2.45, 2.75) is 57.5 Å². The van der Waals surface area contributed by atoms with Gasteiger partial charge in [-0.2, -0.15) is 13.2 Å². The van der Waals surface area contributed by atoms with Gasteiger partial charge in [-0.15, -0.1) is 0 Å². The number of hydrogen-bond acceptors (Lipinski definition) is 11. The van der Waals surface area contributed by atoms with Crippen LogP contribution in [-0.4, -0.2) is 74.2 Å². The molecule has 45 heavy (non-hydrogen) atoms. The van der Waals surface area contributed by atoms with Gasteiger partial charge >= 0.3 is 24.1 Å². The summed E-state index contributed by atoms with van der Waals surface area (Å²) in [4.78, 5) is 54.3. The average Bonchev–Trinajstić information content (AvgIpc) is 3.83. The molecule has 15 heteroatoms. The summed E-state index contributed by atoms with van der Waals surface area (Å²) in [6, 6.07) is 4.66. The number of carbonyl (C=O) groups excluding carboxylic acids is 4. The molecule has 244 valence electrons. The molecule has 1 saturated carbocycles. The fourth-order valence-corrected chi connectivity index (χ4v) is 4.66. The Balaban J connectivity index is 1.52. The normalized spacial score (nSPS) is 22.1. The van der Waals surface area contributed by atoms with Gasteiger partial charge in [0.15, 0.2) is 23.2 Å². The van der Waals surface area contributed by atoms with Crippen molar-refractivity contribution in [3.63, 3.8) is 0 Å². The standard InChI is InChI=1S/C30H33F3N2O10/c1-16-25(45-28(38)19-6-7-19)20(12-18-4-8-21(9-5-18)30(31,32)33)13-41-14-22(29(39)44-16)35-27(37)24-26(43-15-42-17(2)36)23(40-3)10-11-34-24/h4-5,8-11,16,19-20,22,25H,6-7,12-15H2,1-3H3,(H,35,37). The number of methoxy groups -OCH3 is 1. The zero-order valence-corrected chi connectivity index (χ0v) is 24.8. The number of alkyl halides is 3. The van der Waals surface area contributed by atoms with Crippen LogP contribution in [0.15, 0.2) is 36.5 Å². The smallest absolute Gasteiger partial charge is 0.416 e. The van der Waals surface area contributed by atoms with Crippen LogP contribution in [0.1, 0.15) is 48.3 Å². The molecule has 2 fully saturated rings. The van der Waals surface area contributed by atoms with E-state index in [-0.39, 0.29) is 42.7 Å². The Labute approximate surface area is 256 Å². The van der Waals surface area contributed by atoms with Gasteiger partial charge in [-0.1, -0.05) is 12.1 Å². The number of ether oxygens (including phenoxy) is 6. The highest BCUT2D eigenvalue weighted by Gasteiger charge is 2.41. The first kappa shape index (κ1) is 33.5. The molecule has 4 atom stereocenters.